The van der Waals surface area contributed by atoms with Gasteiger partial charge in [0.25, 0.3) is 0 Å². The molecule has 0 amide bonds. The number of allylic oxidation sites excluding steroid dienone is 2. The third-order valence-corrected chi connectivity index (χ3v) is 7.54. The molecule has 3 fully saturated rings. The predicted molar refractivity (Wildman–Crippen MR) is 87.9 cm³/mol. The molecule has 1 heterocycles. The molecule has 0 bridgehead atoms. The van der Waals surface area contributed by atoms with Crippen LogP contribution in [-0.4, -0.2) is 23.3 Å². The molecule has 4 rings (SSSR count). The lowest BCUT2D eigenvalue weighted by molar-refractivity contribution is -0.150. The number of fused-ring (bicyclic) bond motifs is 4. The molecule has 0 unspecified atom stereocenters. The van der Waals surface area contributed by atoms with Gasteiger partial charge in [-0.25, -0.2) is 0 Å². The summed E-state index contributed by atoms with van der Waals surface area (Å²) in [6.45, 7) is 10.7. The Morgan fingerprint density at radius 2 is 1.91 bits per heavy atom. The van der Waals surface area contributed by atoms with Crippen LogP contribution in [0.25, 0.3) is 0 Å². The molecule has 1 aliphatic heterocycles. The molecule has 3 nitrogen and oxygen atoms in total. The van der Waals surface area contributed by atoms with Crippen LogP contribution in [-0.2, 0) is 14.3 Å². The summed E-state index contributed by atoms with van der Waals surface area (Å²) in [5.41, 5.74) is 0.395. The van der Waals surface area contributed by atoms with Crippen LogP contribution in [0.5, 0.6) is 0 Å². The molecular weight excluding hydrogens is 288 g/mol. The first kappa shape index (κ1) is 15.6. The van der Waals surface area contributed by atoms with Crippen molar-refractivity contribution in [3.05, 3.63) is 11.6 Å². The molecule has 23 heavy (non-hydrogen) atoms. The fraction of sp³-hybridized carbons (Fsp3) is 0.800. The third-order valence-electron chi connectivity index (χ3n) is 7.54. The van der Waals surface area contributed by atoms with Gasteiger partial charge in [-0.2, -0.15) is 0 Å². The Balaban J connectivity index is 1.80. The van der Waals surface area contributed by atoms with E-state index in [1.807, 2.05) is 13.0 Å². The maximum Gasteiger partial charge on any atom is 0.169 e. The largest absolute Gasteiger partial charge is 0.366 e. The number of carbonyl (C=O) groups is 2. The van der Waals surface area contributed by atoms with Gasteiger partial charge in [-0.05, 0) is 56.4 Å². The van der Waals surface area contributed by atoms with E-state index in [4.69, 9.17) is 4.74 Å². The van der Waals surface area contributed by atoms with Crippen LogP contribution < -0.4 is 0 Å². The molecule has 1 saturated heterocycles. The molecule has 3 aliphatic carbocycles. The summed E-state index contributed by atoms with van der Waals surface area (Å²) in [6, 6.07) is 0. The highest BCUT2D eigenvalue weighted by molar-refractivity contribution is 6.15. The molecule has 0 radical (unpaired) electrons. The van der Waals surface area contributed by atoms with Crippen LogP contribution in [0.15, 0.2) is 11.6 Å². The minimum Gasteiger partial charge on any atom is -0.366 e. The number of hydrogen-bond donors (Lipinski definition) is 0. The fourth-order valence-electron chi connectivity index (χ4n) is 5.81. The maximum absolute atomic E-state index is 13.1. The quantitative estimate of drug-likeness (QED) is 0.547. The second-order valence-corrected chi connectivity index (χ2v) is 9.37. The number of ketones is 2. The van der Waals surface area contributed by atoms with Crippen molar-refractivity contribution in [2.75, 3.05) is 0 Å². The molecule has 0 aromatic rings. The van der Waals surface area contributed by atoms with Crippen LogP contribution in [0.4, 0.5) is 0 Å². The van der Waals surface area contributed by atoms with Crippen molar-refractivity contribution in [1.82, 2.24) is 0 Å². The normalized spacial score (nSPS) is 51.7. The summed E-state index contributed by atoms with van der Waals surface area (Å²) < 4.78 is 5.93. The summed E-state index contributed by atoms with van der Waals surface area (Å²) in [4.78, 5) is 25.8. The molecule has 4 aliphatic rings. The first-order valence-electron chi connectivity index (χ1n) is 9.09. The average Bonchev–Trinajstić information content (AvgIpc) is 2.99. The predicted octanol–water partition coefficient (Wildman–Crippen LogP) is 3.71. The van der Waals surface area contributed by atoms with E-state index < -0.39 is 5.41 Å². The van der Waals surface area contributed by atoms with Crippen LogP contribution in [0, 0.1) is 28.6 Å². The van der Waals surface area contributed by atoms with E-state index in [1.165, 1.54) is 5.57 Å². The second-order valence-electron chi connectivity index (χ2n) is 9.37. The van der Waals surface area contributed by atoms with Gasteiger partial charge in [0.2, 0.25) is 0 Å². The minimum absolute atomic E-state index is 0.0180. The SMILES string of the molecule is CC(C)C1=CC(=O)[C@@]2(C)C(=O)C[C@@]3(C)C[C@@H]4O[C@]4(C)CC[C@@H]3[C@@H]12. The number of hydrogen-bond acceptors (Lipinski definition) is 3. The zero-order valence-electron chi connectivity index (χ0n) is 14.9. The molecule has 0 spiro atoms. The van der Waals surface area contributed by atoms with Crippen molar-refractivity contribution in [2.45, 2.75) is 72.0 Å². The summed E-state index contributed by atoms with van der Waals surface area (Å²) in [6.07, 6.45) is 5.73. The monoisotopic (exact) mass is 316 g/mol. The van der Waals surface area contributed by atoms with Gasteiger partial charge in [-0.15, -0.1) is 0 Å². The summed E-state index contributed by atoms with van der Waals surface area (Å²) in [7, 11) is 0. The Kier molecular flexibility index (Phi) is 2.95. The van der Waals surface area contributed by atoms with Gasteiger partial charge in [0.05, 0.1) is 17.1 Å². The zero-order valence-corrected chi connectivity index (χ0v) is 14.9. The lowest BCUT2D eigenvalue weighted by Gasteiger charge is -2.51. The number of rotatable bonds is 1. The molecule has 2 saturated carbocycles. The van der Waals surface area contributed by atoms with Crippen molar-refractivity contribution in [3.8, 4) is 0 Å². The lowest BCUT2D eigenvalue weighted by atomic mass is 9.50. The van der Waals surface area contributed by atoms with Gasteiger partial charge in [0, 0.05) is 12.3 Å². The standard InChI is InChI=1S/C20H28O3/c1-11(2)12-8-14(21)20(5)15(22)9-18(3)10-16-19(4,23-16)7-6-13(18)17(12)20/h8,11,13,16-17H,6-7,9-10H2,1-5H3/t13-,16+,17-,18+,19-,20+/m1/s1. The third kappa shape index (κ3) is 1.86. The number of Topliss-reactive ketones (excluding diaryl/α,β-unsaturated/α-hetero) is 1. The van der Waals surface area contributed by atoms with Gasteiger partial charge in [0.1, 0.15) is 5.78 Å². The number of epoxide rings is 1. The van der Waals surface area contributed by atoms with Gasteiger partial charge in [-0.3, -0.25) is 9.59 Å². The Bertz CT molecular complexity index is 633. The average molecular weight is 316 g/mol. The number of carbonyl (C=O) groups excluding carboxylic acids is 2. The molecule has 0 aromatic carbocycles. The molecule has 3 heteroatoms. The van der Waals surface area contributed by atoms with Crippen molar-refractivity contribution in [1.29, 1.82) is 0 Å². The molecule has 6 atom stereocenters. The van der Waals surface area contributed by atoms with Gasteiger partial charge in [-0.1, -0.05) is 26.3 Å². The van der Waals surface area contributed by atoms with Crippen molar-refractivity contribution in [2.24, 2.45) is 28.6 Å². The molecule has 126 valence electrons. The van der Waals surface area contributed by atoms with E-state index in [0.29, 0.717) is 24.4 Å². The van der Waals surface area contributed by atoms with Crippen molar-refractivity contribution in [3.63, 3.8) is 0 Å². The fourth-order valence-corrected chi connectivity index (χ4v) is 5.81. The van der Waals surface area contributed by atoms with E-state index in [9.17, 15) is 9.59 Å². The molecule has 0 N–H and O–H groups in total. The second kappa shape index (κ2) is 4.36. The van der Waals surface area contributed by atoms with Crippen molar-refractivity contribution >= 4 is 11.6 Å². The van der Waals surface area contributed by atoms with E-state index >= 15 is 0 Å². The van der Waals surface area contributed by atoms with Gasteiger partial charge in [0.15, 0.2) is 5.78 Å². The molecular formula is C20H28O3. The Labute approximate surface area is 138 Å². The minimum atomic E-state index is -0.805. The van der Waals surface area contributed by atoms with E-state index in [0.717, 1.165) is 19.3 Å². The summed E-state index contributed by atoms with van der Waals surface area (Å²) >= 11 is 0. The maximum atomic E-state index is 13.1. The first-order valence-corrected chi connectivity index (χ1v) is 9.09. The lowest BCUT2D eigenvalue weighted by Crippen LogP contribution is -2.54. The van der Waals surface area contributed by atoms with Crippen LogP contribution >= 0.6 is 0 Å². The topological polar surface area (TPSA) is 46.7 Å². The Morgan fingerprint density at radius 3 is 2.57 bits per heavy atom. The van der Waals surface area contributed by atoms with Gasteiger partial charge >= 0.3 is 0 Å². The zero-order chi connectivity index (χ0) is 16.8. The first-order chi connectivity index (χ1) is 10.6. The van der Waals surface area contributed by atoms with E-state index in [2.05, 4.69) is 27.7 Å². The number of ether oxygens (including phenoxy) is 1. The highest BCUT2D eigenvalue weighted by Gasteiger charge is 2.67. The van der Waals surface area contributed by atoms with Crippen LogP contribution in [0.1, 0.15) is 60.3 Å². The van der Waals surface area contributed by atoms with Crippen molar-refractivity contribution < 1.29 is 14.3 Å². The van der Waals surface area contributed by atoms with Crippen LogP contribution in [0.3, 0.4) is 0 Å². The Hall–Kier alpha value is -0.960. The highest BCUT2D eigenvalue weighted by Crippen LogP contribution is 2.64. The van der Waals surface area contributed by atoms with E-state index in [1.54, 1.807) is 0 Å². The smallest absolute Gasteiger partial charge is 0.169 e. The molecule has 0 aromatic heterocycles. The van der Waals surface area contributed by atoms with E-state index in [-0.39, 0.29) is 28.5 Å². The Morgan fingerprint density at radius 1 is 1.22 bits per heavy atom. The summed E-state index contributed by atoms with van der Waals surface area (Å²) in [5, 5.41) is 0. The van der Waals surface area contributed by atoms with Crippen LogP contribution in [0.2, 0.25) is 0 Å². The summed E-state index contributed by atoms with van der Waals surface area (Å²) in [5.74, 6) is 1.05. The van der Waals surface area contributed by atoms with Gasteiger partial charge < -0.3 is 4.74 Å². The highest BCUT2D eigenvalue weighted by atomic mass is 16.6.